The number of imide groups is 1. The monoisotopic (exact) mass is 334 g/mol. The van der Waals surface area contributed by atoms with Crippen molar-refractivity contribution in [3.8, 4) is 11.5 Å². The van der Waals surface area contributed by atoms with E-state index in [0.29, 0.717) is 35.2 Å². The highest BCUT2D eigenvalue weighted by Crippen LogP contribution is 2.28. The Morgan fingerprint density at radius 2 is 1.96 bits per heavy atom. The first-order chi connectivity index (χ1) is 11.5. The molecule has 0 saturated carbocycles. The number of rotatable bonds is 7. The molecule has 1 saturated heterocycles. The number of nitrogens with one attached hydrogen (secondary N) is 1. The van der Waals surface area contributed by atoms with Crippen LogP contribution in [0.25, 0.3) is 6.08 Å². The number of ether oxygens (including phenoxy) is 2. The number of hydrogen-bond donors (Lipinski definition) is 2. The Kier molecular flexibility index (Phi) is 5.41. The second-order valence-corrected chi connectivity index (χ2v) is 4.84. The number of carboxylic acids is 1. The number of carbonyl (C=O) groups excluding carboxylic acids is 2. The van der Waals surface area contributed by atoms with E-state index < -0.39 is 24.5 Å². The molecule has 1 fully saturated rings. The summed E-state index contributed by atoms with van der Waals surface area (Å²) in [5.74, 6) is -0.846. The van der Waals surface area contributed by atoms with Crippen LogP contribution in [-0.2, 0) is 9.59 Å². The average molecular weight is 334 g/mol. The number of benzene rings is 1. The quantitative estimate of drug-likeness (QED) is 0.578. The second-order valence-electron chi connectivity index (χ2n) is 4.84. The number of aliphatic carboxylic acids is 1. The summed E-state index contributed by atoms with van der Waals surface area (Å²) in [6.45, 7) is 3.91. The van der Waals surface area contributed by atoms with Gasteiger partial charge in [0.2, 0.25) is 0 Å². The van der Waals surface area contributed by atoms with Gasteiger partial charge in [0, 0.05) is 11.6 Å². The topological polar surface area (TPSA) is 105 Å². The van der Waals surface area contributed by atoms with Gasteiger partial charge < -0.3 is 19.9 Å². The van der Waals surface area contributed by atoms with Crippen molar-refractivity contribution in [3.05, 3.63) is 29.5 Å². The maximum absolute atomic E-state index is 12.1. The summed E-state index contributed by atoms with van der Waals surface area (Å²) < 4.78 is 10.9. The lowest BCUT2D eigenvalue weighted by Gasteiger charge is -2.11. The smallest absolute Gasteiger partial charge is 0.329 e. The van der Waals surface area contributed by atoms with Gasteiger partial charge in [0.05, 0.1) is 13.2 Å². The van der Waals surface area contributed by atoms with Gasteiger partial charge in [-0.1, -0.05) is 0 Å². The largest absolute Gasteiger partial charge is 0.494 e. The minimum atomic E-state index is -1.27. The Hall–Kier alpha value is -3.03. The van der Waals surface area contributed by atoms with Crippen molar-refractivity contribution < 1.29 is 29.0 Å². The fourth-order valence-corrected chi connectivity index (χ4v) is 2.18. The summed E-state index contributed by atoms with van der Waals surface area (Å²) in [4.78, 5) is 35.2. The maximum atomic E-state index is 12.1. The van der Waals surface area contributed by atoms with Crippen LogP contribution in [0.1, 0.15) is 19.4 Å². The van der Waals surface area contributed by atoms with Gasteiger partial charge in [-0.05, 0) is 32.1 Å². The molecule has 3 amide bonds. The molecule has 1 aliphatic heterocycles. The summed E-state index contributed by atoms with van der Waals surface area (Å²) in [6.07, 6.45) is 1.45. The molecule has 0 spiro atoms. The third-order valence-electron chi connectivity index (χ3n) is 3.15. The molecule has 0 radical (unpaired) electrons. The molecule has 0 aromatic heterocycles. The van der Waals surface area contributed by atoms with Gasteiger partial charge in [-0.2, -0.15) is 0 Å². The van der Waals surface area contributed by atoms with Gasteiger partial charge in [0.25, 0.3) is 5.91 Å². The van der Waals surface area contributed by atoms with E-state index in [1.54, 1.807) is 18.2 Å². The van der Waals surface area contributed by atoms with Crippen molar-refractivity contribution in [2.75, 3.05) is 19.8 Å². The van der Waals surface area contributed by atoms with Crippen LogP contribution in [0.3, 0.4) is 0 Å². The van der Waals surface area contributed by atoms with Crippen molar-refractivity contribution in [1.82, 2.24) is 10.2 Å². The third kappa shape index (κ3) is 3.83. The van der Waals surface area contributed by atoms with Crippen LogP contribution in [-0.4, -0.2) is 47.7 Å². The Balaban J connectivity index is 2.31. The Morgan fingerprint density at radius 3 is 2.58 bits per heavy atom. The molecule has 0 atom stereocenters. The average Bonchev–Trinajstić information content (AvgIpc) is 2.77. The number of carboxylic acid groups (broad SMARTS) is 1. The number of carbonyl (C=O) groups is 3. The summed E-state index contributed by atoms with van der Waals surface area (Å²) in [7, 11) is 0. The summed E-state index contributed by atoms with van der Waals surface area (Å²) in [5, 5.41) is 11.1. The fourth-order valence-electron chi connectivity index (χ4n) is 2.18. The van der Waals surface area contributed by atoms with Crippen LogP contribution < -0.4 is 14.8 Å². The molecule has 1 aromatic carbocycles. The van der Waals surface area contributed by atoms with Crippen molar-refractivity contribution in [1.29, 1.82) is 0 Å². The van der Waals surface area contributed by atoms with Crippen LogP contribution in [0.5, 0.6) is 11.5 Å². The minimum Gasteiger partial charge on any atom is -0.494 e. The van der Waals surface area contributed by atoms with E-state index in [0.717, 1.165) is 0 Å². The van der Waals surface area contributed by atoms with Crippen LogP contribution in [0.4, 0.5) is 4.79 Å². The van der Waals surface area contributed by atoms with Crippen LogP contribution in [0.15, 0.2) is 23.9 Å². The first-order valence-electron chi connectivity index (χ1n) is 7.42. The number of amides is 3. The predicted molar refractivity (Wildman–Crippen MR) is 84.6 cm³/mol. The summed E-state index contributed by atoms with van der Waals surface area (Å²) in [6, 6.07) is 4.34. The van der Waals surface area contributed by atoms with Gasteiger partial charge in [-0.3, -0.25) is 9.59 Å². The van der Waals surface area contributed by atoms with Crippen LogP contribution >= 0.6 is 0 Å². The SMILES string of the molecule is CCOc1ccc(/C=C2/NC(=O)N(CC(=O)O)C2=O)c(OCC)c1. The van der Waals surface area contributed by atoms with Gasteiger partial charge in [-0.15, -0.1) is 0 Å². The normalized spacial score (nSPS) is 15.6. The Labute approximate surface area is 138 Å². The van der Waals surface area contributed by atoms with E-state index in [1.165, 1.54) is 6.08 Å². The van der Waals surface area contributed by atoms with Gasteiger partial charge in [0.1, 0.15) is 23.7 Å². The van der Waals surface area contributed by atoms with Gasteiger partial charge in [-0.25, -0.2) is 9.69 Å². The van der Waals surface area contributed by atoms with Crippen LogP contribution in [0.2, 0.25) is 0 Å². The molecule has 1 heterocycles. The molecule has 128 valence electrons. The van der Waals surface area contributed by atoms with Crippen molar-refractivity contribution in [3.63, 3.8) is 0 Å². The second kappa shape index (κ2) is 7.49. The first kappa shape index (κ1) is 17.3. The van der Waals surface area contributed by atoms with Gasteiger partial charge >= 0.3 is 12.0 Å². The molecular formula is C16H18N2O6. The lowest BCUT2D eigenvalue weighted by atomic mass is 10.1. The van der Waals surface area contributed by atoms with Crippen LogP contribution in [0, 0.1) is 0 Å². The van der Waals surface area contributed by atoms with E-state index >= 15 is 0 Å². The van der Waals surface area contributed by atoms with E-state index in [2.05, 4.69) is 5.32 Å². The Bertz CT molecular complexity index is 698. The zero-order valence-electron chi connectivity index (χ0n) is 13.4. The lowest BCUT2D eigenvalue weighted by Crippen LogP contribution is -2.35. The molecular weight excluding hydrogens is 316 g/mol. The number of urea groups is 1. The van der Waals surface area contributed by atoms with Crippen molar-refractivity contribution in [2.45, 2.75) is 13.8 Å². The summed E-state index contributed by atoms with van der Waals surface area (Å²) in [5.41, 5.74) is 0.562. The Morgan fingerprint density at radius 1 is 1.25 bits per heavy atom. The highest BCUT2D eigenvalue weighted by atomic mass is 16.5. The molecule has 0 aliphatic carbocycles. The predicted octanol–water partition coefficient (Wildman–Crippen LogP) is 1.46. The lowest BCUT2D eigenvalue weighted by molar-refractivity contribution is -0.140. The highest BCUT2D eigenvalue weighted by Gasteiger charge is 2.35. The minimum absolute atomic E-state index is 0.00800. The molecule has 2 rings (SSSR count). The van der Waals surface area contributed by atoms with E-state index in [1.807, 2.05) is 13.8 Å². The molecule has 1 aliphatic rings. The maximum Gasteiger partial charge on any atom is 0.329 e. The molecule has 24 heavy (non-hydrogen) atoms. The molecule has 8 heteroatoms. The van der Waals surface area contributed by atoms with E-state index in [9.17, 15) is 14.4 Å². The highest BCUT2D eigenvalue weighted by molar-refractivity contribution is 6.15. The van der Waals surface area contributed by atoms with E-state index in [4.69, 9.17) is 14.6 Å². The summed E-state index contributed by atoms with van der Waals surface area (Å²) >= 11 is 0. The zero-order chi connectivity index (χ0) is 17.7. The number of nitrogens with zero attached hydrogens (tertiary/aromatic N) is 1. The fraction of sp³-hybridized carbons (Fsp3) is 0.312. The number of hydrogen-bond acceptors (Lipinski definition) is 5. The van der Waals surface area contributed by atoms with Gasteiger partial charge in [0.15, 0.2) is 0 Å². The van der Waals surface area contributed by atoms with Crippen molar-refractivity contribution in [2.24, 2.45) is 0 Å². The van der Waals surface area contributed by atoms with E-state index in [-0.39, 0.29) is 5.70 Å². The molecule has 1 aromatic rings. The first-order valence-corrected chi connectivity index (χ1v) is 7.42. The molecule has 8 nitrogen and oxygen atoms in total. The molecule has 2 N–H and O–H groups in total. The molecule has 0 bridgehead atoms. The molecule has 0 unspecified atom stereocenters. The van der Waals surface area contributed by atoms with Crippen molar-refractivity contribution >= 4 is 24.0 Å². The zero-order valence-corrected chi connectivity index (χ0v) is 13.4. The third-order valence-corrected chi connectivity index (χ3v) is 3.15. The standard InChI is InChI=1S/C16H18N2O6/c1-3-23-11-6-5-10(13(8-11)24-4-2)7-12-15(21)18(9-14(19)20)16(22)17-12/h5-8H,3-4,9H2,1-2H3,(H,17,22)(H,19,20)/b12-7+.